The molecule has 0 fully saturated rings. The Balaban J connectivity index is 2.13. The number of halogens is 1. The van der Waals surface area contributed by atoms with E-state index in [0.717, 1.165) is 13.0 Å². The van der Waals surface area contributed by atoms with Gasteiger partial charge in [0, 0.05) is 23.7 Å². The minimum atomic E-state index is -0.325. The molecule has 0 atom stereocenters. The SMILES string of the molecule is CN(C)CCCN=Cc1c(O)[nH]c2ccc(F)cc12. The first-order valence-corrected chi connectivity index (χ1v) is 6.22. The summed E-state index contributed by atoms with van der Waals surface area (Å²) in [6.07, 6.45) is 2.55. The van der Waals surface area contributed by atoms with Gasteiger partial charge in [-0.1, -0.05) is 0 Å². The topological polar surface area (TPSA) is 51.6 Å². The van der Waals surface area contributed by atoms with Gasteiger partial charge in [-0.05, 0) is 45.3 Å². The van der Waals surface area contributed by atoms with Crippen molar-refractivity contribution in [1.29, 1.82) is 0 Å². The van der Waals surface area contributed by atoms with Crippen LogP contribution in [0.1, 0.15) is 12.0 Å². The molecule has 0 saturated heterocycles. The molecule has 0 unspecified atom stereocenters. The molecule has 0 aliphatic carbocycles. The van der Waals surface area contributed by atoms with E-state index in [4.69, 9.17) is 0 Å². The van der Waals surface area contributed by atoms with Crippen molar-refractivity contribution >= 4 is 17.1 Å². The van der Waals surface area contributed by atoms with E-state index in [1.54, 1.807) is 12.3 Å². The Morgan fingerprint density at radius 1 is 1.42 bits per heavy atom. The summed E-state index contributed by atoms with van der Waals surface area (Å²) < 4.78 is 13.2. The maximum atomic E-state index is 13.2. The van der Waals surface area contributed by atoms with Crippen LogP contribution in [0.15, 0.2) is 23.2 Å². The monoisotopic (exact) mass is 263 g/mol. The molecular formula is C14H18FN3O. The van der Waals surface area contributed by atoms with Gasteiger partial charge in [0.05, 0.1) is 5.56 Å². The number of H-pyrrole nitrogens is 1. The lowest BCUT2D eigenvalue weighted by atomic mass is 10.2. The Hall–Kier alpha value is -1.88. The van der Waals surface area contributed by atoms with E-state index < -0.39 is 0 Å². The highest BCUT2D eigenvalue weighted by Gasteiger charge is 2.09. The van der Waals surface area contributed by atoms with Crippen LogP contribution in [0.4, 0.5) is 4.39 Å². The lowest BCUT2D eigenvalue weighted by molar-refractivity contribution is 0.403. The van der Waals surface area contributed by atoms with Crippen LogP contribution in [0.5, 0.6) is 5.88 Å². The summed E-state index contributed by atoms with van der Waals surface area (Å²) in [6.45, 7) is 1.64. The van der Waals surface area contributed by atoms with Crippen LogP contribution in [-0.2, 0) is 0 Å². The van der Waals surface area contributed by atoms with Crippen LogP contribution in [0.3, 0.4) is 0 Å². The molecule has 2 rings (SSSR count). The number of aliphatic imine (C=N–C) groups is 1. The molecule has 0 saturated carbocycles. The zero-order valence-corrected chi connectivity index (χ0v) is 11.2. The van der Waals surface area contributed by atoms with Crippen molar-refractivity contribution in [2.45, 2.75) is 6.42 Å². The molecule has 0 aliphatic rings. The number of aromatic amines is 1. The first-order valence-electron chi connectivity index (χ1n) is 6.22. The highest BCUT2D eigenvalue weighted by atomic mass is 19.1. The van der Waals surface area contributed by atoms with E-state index in [9.17, 15) is 9.50 Å². The number of hydrogen-bond acceptors (Lipinski definition) is 3. The summed E-state index contributed by atoms with van der Waals surface area (Å²) in [7, 11) is 4.02. The van der Waals surface area contributed by atoms with Crippen LogP contribution < -0.4 is 0 Å². The average molecular weight is 263 g/mol. The third-order valence-electron chi connectivity index (χ3n) is 2.89. The fourth-order valence-electron chi connectivity index (χ4n) is 1.94. The number of aromatic nitrogens is 1. The molecule has 0 bridgehead atoms. The van der Waals surface area contributed by atoms with Gasteiger partial charge in [-0.25, -0.2) is 4.39 Å². The maximum Gasteiger partial charge on any atom is 0.198 e. The number of fused-ring (bicyclic) bond motifs is 1. The molecule has 1 aromatic carbocycles. The predicted molar refractivity (Wildman–Crippen MR) is 75.6 cm³/mol. The summed E-state index contributed by atoms with van der Waals surface area (Å²) in [5, 5.41) is 10.4. The highest BCUT2D eigenvalue weighted by molar-refractivity contribution is 6.01. The molecule has 0 spiro atoms. The first-order chi connectivity index (χ1) is 9.08. The lowest BCUT2D eigenvalue weighted by Crippen LogP contribution is -2.13. The minimum absolute atomic E-state index is 0.0250. The van der Waals surface area contributed by atoms with Crippen molar-refractivity contribution < 1.29 is 9.50 Å². The normalized spacial score (nSPS) is 12.0. The molecule has 0 amide bonds. The van der Waals surface area contributed by atoms with Gasteiger partial charge < -0.3 is 15.0 Å². The van der Waals surface area contributed by atoms with E-state index in [2.05, 4.69) is 14.9 Å². The van der Waals surface area contributed by atoms with Gasteiger partial charge in [0.15, 0.2) is 5.88 Å². The third-order valence-corrected chi connectivity index (χ3v) is 2.89. The average Bonchev–Trinajstić information content (AvgIpc) is 2.65. The summed E-state index contributed by atoms with van der Waals surface area (Å²) in [6, 6.07) is 4.36. The summed E-state index contributed by atoms with van der Waals surface area (Å²) in [5.74, 6) is -0.300. The van der Waals surface area contributed by atoms with Crippen LogP contribution in [0.25, 0.3) is 10.9 Å². The van der Waals surface area contributed by atoms with Crippen LogP contribution >= 0.6 is 0 Å². The standard InChI is InChI=1S/C14H18FN3O/c1-18(2)7-3-6-16-9-12-11-8-10(15)4-5-13(11)17-14(12)19/h4-5,8-9,17,19H,3,6-7H2,1-2H3. The first kappa shape index (κ1) is 13.5. The van der Waals surface area contributed by atoms with Crippen molar-refractivity contribution in [3.63, 3.8) is 0 Å². The molecule has 102 valence electrons. The summed E-state index contributed by atoms with van der Waals surface area (Å²) in [5.41, 5.74) is 1.24. The van der Waals surface area contributed by atoms with Gasteiger partial charge in [0.25, 0.3) is 0 Å². The number of rotatable bonds is 5. The van der Waals surface area contributed by atoms with E-state index >= 15 is 0 Å². The highest BCUT2D eigenvalue weighted by Crippen LogP contribution is 2.26. The van der Waals surface area contributed by atoms with E-state index in [1.165, 1.54) is 12.1 Å². The van der Waals surface area contributed by atoms with E-state index in [0.29, 0.717) is 23.0 Å². The molecule has 0 radical (unpaired) electrons. The largest absolute Gasteiger partial charge is 0.494 e. The smallest absolute Gasteiger partial charge is 0.198 e. The molecule has 5 heteroatoms. The fraction of sp³-hybridized carbons (Fsp3) is 0.357. The maximum absolute atomic E-state index is 13.2. The number of aromatic hydroxyl groups is 1. The molecule has 1 aromatic heterocycles. The summed E-state index contributed by atoms with van der Waals surface area (Å²) in [4.78, 5) is 9.17. The molecule has 4 nitrogen and oxygen atoms in total. The number of nitrogens with zero attached hydrogens (tertiary/aromatic N) is 2. The van der Waals surface area contributed by atoms with Crippen molar-refractivity contribution in [1.82, 2.24) is 9.88 Å². The van der Waals surface area contributed by atoms with Crippen molar-refractivity contribution in [3.05, 3.63) is 29.6 Å². The Morgan fingerprint density at radius 3 is 2.95 bits per heavy atom. The van der Waals surface area contributed by atoms with Gasteiger partial charge in [0.1, 0.15) is 5.82 Å². The lowest BCUT2D eigenvalue weighted by Gasteiger charge is -2.06. The zero-order valence-electron chi connectivity index (χ0n) is 11.2. The Kier molecular flexibility index (Phi) is 4.16. The molecule has 2 N–H and O–H groups in total. The van der Waals surface area contributed by atoms with Crippen molar-refractivity contribution in [2.75, 3.05) is 27.2 Å². The van der Waals surface area contributed by atoms with Gasteiger partial charge >= 0.3 is 0 Å². The van der Waals surface area contributed by atoms with Gasteiger partial charge in [-0.15, -0.1) is 0 Å². The number of benzene rings is 1. The molecule has 2 aromatic rings. The Labute approximate surface area is 111 Å². The van der Waals surface area contributed by atoms with Crippen LogP contribution in [-0.4, -0.2) is 48.4 Å². The zero-order chi connectivity index (χ0) is 13.8. The van der Waals surface area contributed by atoms with Crippen LogP contribution in [0.2, 0.25) is 0 Å². The van der Waals surface area contributed by atoms with Crippen LogP contribution in [0, 0.1) is 5.82 Å². The number of hydrogen-bond donors (Lipinski definition) is 2. The van der Waals surface area contributed by atoms with Crippen molar-refractivity contribution in [2.24, 2.45) is 4.99 Å². The quantitative estimate of drug-likeness (QED) is 0.643. The second-order valence-electron chi connectivity index (χ2n) is 4.77. The van der Waals surface area contributed by atoms with Gasteiger partial charge in [-0.2, -0.15) is 0 Å². The van der Waals surface area contributed by atoms with E-state index in [1.807, 2.05) is 14.1 Å². The number of nitrogens with one attached hydrogen (secondary N) is 1. The third kappa shape index (κ3) is 3.32. The van der Waals surface area contributed by atoms with E-state index in [-0.39, 0.29) is 11.7 Å². The van der Waals surface area contributed by atoms with Crippen molar-refractivity contribution in [3.8, 4) is 5.88 Å². The Morgan fingerprint density at radius 2 is 2.21 bits per heavy atom. The molecule has 1 heterocycles. The summed E-state index contributed by atoms with van der Waals surface area (Å²) >= 11 is 0. The second-order valence-corrected chi connectivity index (χ2v) is 4.77. The fourth-order valence-corrected chi connectivity index (χ4v) is 1.94. The Bertz CT molecular complexity index is 590. The molecule has 0 aliphatic heterocycles. The van der Waals surface area contributed by atoms with Gasteiger partial charge in [-0.3, -0.25) is 4.99 Å². The predicted octanol–water partition coefficient (Wildman–Crippen LogP) is 2.38. The minimum Gasteiger partial charge on any atom is -0.494 e. The van der Waals surface area contributed by atoms with Gasteiger partial charge in [0.2, 0.25) is 0 Å². The second kappa shape index (κ2) is 5.84. The molecule has 19 heavy (non-hydrogen) atoms. The molecular weight excluding hydrogens is 245 g/mol.